The maximum absolute atomic E-state index is 13.0. The van der Waals surface area contributed by atoms with Crippen LogP contribution in [0.3, 0.4) is 0 Å². The lowest BCUT2D eigenvalue weighted by Gasteiger charge is -2.15. The first kappa shape index (κ1) is 22.6. The molecule has 0 unspecified atom stereocenters. The second-order valence-electron chi connectivity index (χ2n) is 7.83. The normalized spacial score (nSPS) is 18.8. The summed E-state index contributed by atoms with van der Waals surface area (Å²) in [5, 5.41) is 3.43. The third-order valence-electron chi connectivity index (χ3n) is 5.43. The number of hydrazine groups is 1. The van der Waals surface area contributed by atoms with Gasteiger partial charge in [-0.05, 0) is 62.4 Å². The SMILES string of the molecule is CCOc1ccc(/C=[N+]2\NC(=O)[C@H](NC(=O)c3ccc(Cl)cc3)[C@@H]2c2ccc(C)cc2)cc1. The number of hydrazone groups is 1. The van der Waals surface area contributed by atoms with E-state index in [1.165, 1.54) is 0 Å². The number of hydrogen-bond acceptors (Lipinski definition) is 3. The van der Waals surface area contributed by atoms with Crippen molar-refractivity contribution in [2.45, 2.75) is 25.9 Å². The van der Waals surface area contributed by atoms with Crippen LogP contribution in [-0.4, -0.2) is 35.4 Å². The molecule has 2 N–H and O–H groups in total. The van der Waals surface area contributed by atoms with Crippen molar-refractivity contribution in [3.8, 4) is 5.75 Å². The topological polar surface area (TPSA) is 70.4 Å². The Morgan fingerprint density at radius 3 is 2.36 bits per heavy atom. The molecule has 2 atom stereocenters. The van der Waals surface area contributed by atoms with Gasteiger partial charge in [-0.2, -0.15) is 0 Å². The Morgan fingerprint density at radius 1 is 1.06 bits per heavy atom. The number of benzene rings is 3. The van der Waals surface area contributed by atoms with Crippen LogP contribution in [0.5, 0.6) is 5.75 Å². The summed E-state index contributed by atoms with van der Waals surface area (Å²) >= 11 is 5.93. The molecular weight excluding hydrogens is 438 g/mol. The molecule has 4 rings (SSSR count). The molecule has 1 heterocycles. The number of hydrogen-bond donors (Lipinski definition) is 2. The van der Waals surface area contributed by atoms with E-state index < -0.39 is 12.1 Å². The van der Waals surface area contributed by atoms with E-state index in [1.807, 2.05) is 68.6 Å². The molecule has 1 aliphatic heterocycles. The van der Waals surface area contributed by atoms with Gasteiger partial charge in [-0.3, -0.25) is 9.59 Å². The minimum absolute atomic E-state index is 0.287. The van der Waals surface area contributed by atoms with Gasteiger partial charge in [-0.1, -0.05) is 41.4 Å². The molecule has 2 amide bonds. The molecule has 0 bridgehead atoms. The molecule has 3 aromatic rings. The smallest absolute Gasteiger partial charge is 0.304 e. The molecule has 6 nitrogen and oxygen atoms in total. The largest absolute Gasteiger partial charge is 0.494 e. The van der Waals surface area contributed by atoms with Crippen LogP contribution in [0, 0.1) is 6.92 Å². The number of rotatable bonds is 6. The molecule has 3 aromatic carbocycles. The monoisotopic (exact) mass is 462 g/mol. The molecule has 0 spiro atoms. The minimum Gasteiger partial charge on any atom is -0.494 e. The van der Waals surface area contributed by atoms with Crippen LogP contribution < -0.4 is 15.5 Å². The zero-order chi connectivity index (χ0) is 23.4. The average molecular weight is 463 g/mol. The van der Waals surface area contributed by atoms with E-state index in [4.69, 9.17) is 16.3 Å². The van der Waals surface area contributed by atoms with Crippen molar-refractivity contribution in [1.82, 2.24) is 10.7 Å². The molecule has 0 saturated carbocycles. The van der Waals surface area contributed by atoms with E-state index in [0.29, 0.717) is 17.2 Å². The number of ether oxygens (including phenoxy) is 1. The van der Waals surface area contributed by atoms with Gasteiger partial charge in [-0.25, -0.2) is 0 Å². The van der Waals surface area contributed by atoms with Gasteiger partial charge >= 0.3 is 5.91 Å². The summed E-state index contributed by atoms with van der Waals surface area (Å²) in [6.45, 7) is 4.53. The maximum atomic E-state index is 13.0. The summed E-state index contributed by atoms with van der Waals surface area (Å²) in [4.78, 5) is 25.8. The predicted octanol–water partition coefficient (Wildman–Crippen LogP) is 4.06. The molecule has 0 aromatic heterocycles. The number of nitrogens with zero attached hydrogens (tertiary/aromatic N) is 1. The van der Waals surface area contributed by atoms with E-state index in [-0.39, 0.29) is 11.8 Å². The van der Waals surface area contributed by atoms with Crippen LogP contribution in [0.25, 0.3) is 0 Å². The fourth-order valence-corrected chi connectivity index (χ4v) is 3.87. The van der Waals surface area contributed by atoms with E-state index in [0.717, 1.165) is 22.4 Å². The molecule has 0 radical (unpaired) electrons. The Morgan fingerprint density at radius 2 is 1.73 bits per heavy atom. The number of carbonyl (C=O) groups excluding carboxylic acids is 2. The predicted molar refractivity (Wildman–Crippen MR) is 128 cm³/mol. The summed E-state index contributed by atoms with van der Waals surface area (Å²) < 4.78 is 7.25. The highest BCUT2D eigenvalue weighted by Gasteiger charge is 2.47. The van der Waals surface area contributed by atoms with Crippen molar-refractivity contribution in [1.29, 1.82) is 0 Å². The van der Waals surface area contributed by atoms with Gasteiger partial charge in [0.2, 0.25) is 12.3 Å². The Kier molecular flexibility index (Phi) is 6.75. The molecular formula is C26H25ClN3O3+. The molecule has 1 aliphatic rings. The first-order valence-corrected chi connectivity index (χ1v) is 11.1. The lowest BCUT2D eigenvalue weighted by atomic mass is 9.98. The van der Waals surface area contributed by atoms with Gasteiger partial charge in [-0.15, -0.1) is 10.1 Å². The first-order chi connectivity index (χ1) is 15.9. The fourth-order valence-electron chi connectivity index (χ4n) is 3.75. The van der Waals surface area contributed by atoms with Gasteiger partial charge in [0.1, 0.15) is 5.75 Å². The van der Waals surface area contributed by atoms with Crippen LogP contribution in [0.1, 0.15) is 40.0 Å². The fraction of sp³-hybridized carbons (Fsp3) is 0.192. The number of carbonyl (C=O) groups is 2. The highest BCUT2D eigenvalue weighted by molar-refractivity contribution is 6.30. The zero-order valence-corrected chi connectivity index (χ0v) is 19.2. The Balaban J connectivity index is 1.66. The second kappa shape index (κ2) is 9.88. The average Bonchev–Trinajstić information content (AvgIpc) is 3.10. The lowest BCUT2D eigenvalue weighted by molar-refractivity contribution is -0.596. The zero-order valence-electron chi connectivity index (χ0n) is 18.4. The number of amides is 2. The van der Waals surface area contributed by atoms with Crippen molar-refractivity contribution in [2.24, 2.45) is 0 Å². The van der Waals surface area contributed by atoms with Crippen molar-refractivity contribution in [3.05, 3.63) is 100 Å². The van der Waals surface area contributed by atoms with E-state index in [1.54, 1.807) is 28.9 Å². The Labute approximate surface area is 197 Å². The second-order valence-corrected chi connectivity index (χ2v) is 8.26. The van der Waals surface area contributed by atoms with Crippen molar-refractivity contribution >= 4 is 29.6 Å². The van der Waals surface area contributed by atoms with Gasteiger partial charge in [0.25, 0.3) is 5.91 Å². The molecule has 0 aliphatic carbocycles. The summed E-state index contributed by atoms with van der Waals surface area (Å²) in [6.07, 6.45) is 1.85. The van der Waals surface area contributed by atoms with Crippen molar-refractivity contribution in [3.63, 3.8) is 0 Å². The van der Waals surface area contributed by atoms with E-state index >= 15 is 0 Å². The maximum Gasteiger partial charge on any atom is 0.304 e. The summed E-state index contributed by atoms with van der Waals surface area (Å²) in [7, 11) is 0. The number of aryl methyl sites for hydroxylation is 1. The van der Waals surface area contributed by atoms with Crippen molar-refractivity contribution < 1.29 is 19.0 Å². The van der Waals surface area contributed by atoms with Crippen LogP contribution in [-0.2, 0) is 4.79 Å². The van der Waals surface area contributed by atoms with Gasteiger partial charge in [0, 0.05) is 21.7 Å². The molecule has 168 valence electrons. The van der Waals surface area contributed by atoms with Gasteiger partial charge < -0.3 is 10.1 Å². The number of halogens is 1. The summed E-state index contributed by atoms with van der Waals surface area (Å²) in [6, 6.07) is 20.9. The van der Waals surface area contributed by atoms with Crippen molar-refractivity contribution in [2.75, 3.05) is 6.61 Å². The molecule has 33 heavy (non-hydrogen) atoms. The number of nitrogens with one attached hydrogen (secondary N) is 2. The van der Waals surface area contributed by atoms with Crippen LogP contribution in [0.4, 0.5) is 0 Å². The van der Waals surface area contributed by atoms with Gasteiger partial charge in [0.15, 0.2) is 6.04 Å². The molecule has 7 heteroatoms. The van der Waals surface area contributed by atoms with E-state index in [2.05, 4.69) is 10.7 Å². The Hall–Kier alpha value is -3.64. The third-order valence-corrected chi connectivity index (χ3v) is 5.68. The van der Waals surface area contributed by atoms with Crippen LogP contribution in [0.15, 0.2) is 72.8 Å². The Bertz CT molecular complexity index is 1170. The summed E-state index contributed by atoms with van der Waals surface area (Å²) in [5.74, 6) is 0.153. The standard InChI is InChI=1S/C26H24ClN3O3/c1-3-33-22-14-6-18(7-15-22)16-30-24(19-8-4-17(2)5-9-19)23(26(32)29-30)28-25(31)20-10-12-21(27)13-11-20/h4-16,23-24H,3H2,1-2H3,(H-,28,29,31,32)/p+1/b30-16-/t23-,24+/m1/s1. The third kappa shape index (κ3) is 5.23. The molecule has 1 fully saturated rings. The molecule has 1 saturated heterocycles. The highest BCUT2D eigenvalue weighted by atomic mass is 35.5. The highest BCUT2D eigenvalue weighted by Crippen LogP contribution is 2.26. The first-order valence-electron chi connectivity index (χ1n) is 10.7. The van der Waals surface area contributed by atoms with Gasteiger partial charge in [0.05, 0.1) is 6.61 Å². The quantitative estimate of drug-likeness (QED) is 0.543. The van der Waals surface area contributed by atoms with E-state index in [9.17, 15) is 9.59 Å². The lowest BCUT2D eigenvalue weighted by Crippen LogP contribution is -2.42. The van der Waals surface area contributed by atoms with Crippen LogP contribution >= 0.6 is 11.6 Å². The van der Waals surface area contributed by atoms with Crippen LogP contribution in [0.2, 0.25) is 5.02 Å². The summed E-state index contributed by atoms with van der Waals surface area (Å²) in [5.41, 5.74) is 6.23. The minimum atomic E-state index is -0.783.